The van der Waals surface area contributed by atoms with E-state index in [9.17, 15) is 8.42 Å². The monoisotopic (exact) mass is 380 g/mol. The predicted octanol–water partition coefficient (Wildman–Crippen LogP) is 2.53. The Bertz CT molecular complexity index is 825. The van der Waals surface area contributed by atoms with E-state index in [2.05, 4.69) is 21.8 Å². The van der Waals surface area contributed by atoms with E-state index < -0.39 is 10.0 Å². The third kappa shape index (κ3) is 4.75. The summed E-state index contributed by atoms with van der Waals surface area (Å²) < 4.78 is 38.0. The van der Waals surface area contributed by atoms with Crippen molar-refractivity contribution in [3.05, 3.63) is 30.3 Å². The lowest BCUT2D eigenvalue weighted by atomic mass is 10.3. The van der Waals surface area contributed by atoms with Gasteiger partial charge in [-0.05, 0) is 30.7 Å². The molecular formula is C17H24N4O4S. The minimum atomic E-state index is -3.91. The highest BCUT2D eigenvalue weighted by Gasteiger charge is 2.21. The van der Waals surface area contributed by atoms with E-state index in [4.69, 9.17) is 9.47 Å². The van der Waals surface area contributed by atoms with Crippen LogP contribution in [-0.2, 0) is 10.0 Å². The van der Waals surface area contributed by atoms with E-state index in [1.54, 1.807) is 18.2 Å². The molecule has 142 valence electrons. The largest absolute Gasteiger partial charge is 0.497 e. The smallest absolute Gasteiger partial charge is 0.266 e. The molecule has 2 rings (SSSR count). The number of aromatic nitrogens is 2. The molecule has 1 aromatic heterocycles. The van der Waals surface area contributed by atoms with Crippen LogP contribution < -0.4 is 19.1 Å². The van der Waals surface area contributed by atoms with Crippen molar-refractivity contribution in [1.29, 1.82) is 0 Å². The van der Waals surface area contributed by atoms with Crippen molar-refractivity contribution in [1.82, 2.24) is 10.2 Å². The maximum absolute atomic E-state index is 12.7. The Balaban J connectivity index is 2.22. The zero-order chi connectivity index (χ0) is 19.2. The van der Waals surface area contributed by atoms with E-state index in [-0.39, 0.29) is 16.5 Å². The second-order valence-electron chi connectivity index (χ2n) is 5.67. The van der Waals surface area contributed by atoms with Crippen molar-refractivity contribution in [3.63, 3.8) is 0 Å². The fourth-order valence-corrected chi connectivity index (χ4v) is 3.46. The zero-order valence-electron chi connectivity index (χ0n) is 15.4. The van der Waals surface area contributed by atoms with Gasteiger partial charge < -0.3 is 14.4 Å². The number of ether oxygens (including phenoxy) is 2. The quantitative estimate of drug-likeness (QED) is 0.714. The summed E-state index contributed by atoms with van der Waals surface area (Å²) >= 11 is 0. The third-order valence-electron chi connectivity index (χ3n) is 3.79. The molecular weight excluding hydrogens is 356 g/mol. The number of unbranched alkanes of at least 4 members (excludes halogenated alkanes) is 1. The summed E-state index contributed by atoms with van der Waals surface area (Å²) in [4.78, 5) is 1.94. The maximum Gasteiger partial charge on any atom is 0.266 e. The van der Waals surface area contributed by atoms with E-state index in [1.807, 2.05) is 11.9 Å². The molecule has 8 nitrogen and oxygen atoms in total. The molecule has 0 aliphatic carbocycles. The van der Waals surface area contributed by atoms with Gasteiger partial charge in [0.05, 0.1) is 14.2 Å². The van der Waals surface area contributed by atoms with Crippen molar-refractivity contribution in [3.8, 4) is 11.5 Å². The molecule has 0 saturated carbocycles. The number of anilines is 2. The first-order chi connectivity index (χ1) is 12.4. The summed E-state index contributed by atoms with van der Waals surface area (Å²) in [6, 6.07) is 7.85. The minimum absolute atomic E-state index is 0.0368. The number of sulfonamides is 1. The molecule has 9 heteroatoms. The second-order valence-corrected chi connectivity index (χ2v) is 7.32. The highest BCUT2D eigenvalue weighted by molar-refractivity contribution is 7.92. The second kappa shape index (κ2) is 8.70. The summed E-state index contributed by atoms with van der Waals surface area (Å²) in [7, 11) is 0.882. The topological polar surface area (TPSA) is 93.7 Å². The van der Waals surface area contributed by atoms with Crippen molar-refractivity contribution in [2.75, 3.05) is 37.4 Å². The van der Waals surface area contributed by atoms with E-state index >= 15 is 0 Å². The molecule has 0 radical (unpaired) electrons. The summed E-state index contributed by atoms with van der Waals surface area (Å²) in [5.74, 6) is 1.43. The van der Waals surface area contributed by atoms with E-state index in [0.29, 0.717) is 11.6 Å². The van der Waals surface area contributed by atoms with Crippen molar-refractivity contribution in [2.24, 2.45) is 0 Å². The molecule has 1 N–H and O–H groups in total. The van der Waals surface area contributed by atoms with Gasteiger partial charge in [0.15, 0.2) is 11.6 Å². The first kappa shape index (κ1) is 19.8. The first-order valence-corrected chi connectivity index (χ1v) is 9.69. The van der Waals surface area contributed by atoms with Crippen LogP contribution in [0.4, 0.5) is 11.6 Å². The van der Waals surface area contributed by atoms with Crippen molar-refractivity contribution >= 4 is 21.7 Å². The minimum Gasteiger partial charge on any atom is -0.497 e. The van der Waals surface area contributed by atoms with Crippen LogP contribution in [0.2, 0.25) is 0 Å². The number of rotatable bonds is 9. The molecule has 0 amide bonds. The summed E-state index contributed by atoms with van der Waals surface area (Å²) in [5.41, 5.74) is 0. The van der Waals surface area contributed by atoms with Crippen molar-refractivity contribution < 1.29 is 17.9 Å². The summed E-state index contributed by atoms with van der Waals surface area (Å²) in [6.45, 7) is 2.97. The molecule has 0 fully saturated rings. The Hall–Kier alpha value is -2.55. The van der Waals surface area contributed by atoms with Gasteiger partial charge in [0, 0.05) is 19.7 Å². The van der Waals surface area contributed by atoms with Gasteiger partial charge in [-0.3, -0.25) is 4.72 Å². The SMILES string of the molecule is CCCCN(C)c1ccc(NS(=O)(=O)c2cc(OC)ccc2OC)nn1. The fourth-order valence-electron chi connectivity index (χ4n) is 2.28. The van der Waals surface area contributed by atoms with Gasteiger partial charge in [-0.25, -0.2) is 8.42 Å². The van der Waals surface area contributed by atoms with Crippen LogP contribution in [0.25, 0.3) is 0 Å². The van der Waals surface area contributed by atoms with Gasteiger partial charge >= 0.3 is 0 Å². The Kier molecular flexibility index (Phi) is 6.62. The number of nitrogens with one attached hydrogen (secondary N) is 1. The normalized spacial score (nSPS) is 11.1. The number of nitrogens with zero attached hydrogens (tertiary/aromatic N) is 3. The van der Waals surface area contributed by atoms with Crippen LogP contribution >= 0.6 is 0 Å². The van der Waals surface area contributed by atoms with Crippen LogP contribution in [-0.4, -0.2) is 46.4 Å². The summed E-state index contributed by atoms with van der Waals surface area (Å²) in [6.07, 6.45) is 2.13. The molecule has 1 heterocycles. The molecule has 0 atom stereocenters. The van der Waals surface area contributed by atoms with Crippen LogP contribution in [0.3, 0.4) is 0 Å². The zero-order valence-corrected chi connectivity index (χ0v) is 16.2. The highest BCUT2D eigenvalue weighted by atomic mass is 32.2. The molecule has 0 saturated heterocycles. The van der Waals surface area contributed by atoms with Gasteiger partial charge in [0.2, 0.25) is 0 Å². The van der Waals surface area contributed by atoms with Gasteiger partial charge in [-0.2, -0.15) is 0 Å². The van der Waals surface area contributed by atoms with E-state index in [0.717, 1.165) is 19.4 Å². The third-order valence-corrected chi connectivity index (χ3v) is 5.16. The average Bonchev–Trinajstić information content (AvgIpc) is 2.65. The lowest BCUT2D eigenvalue weighted by Gasteiger charge is -2.17. The molecule has 26 heavy (non-hydrogen) atoms. The van der Waals surface area contributed by atoms with E-state index in [1.165, 1.54) is 26.4 Å². The lowest BCUT2D eigenvalue weighted by Crippen LogP contribution is -2.20. The summed E-state index contributed by atoms with van der Waals surface area (Å²) in [5, 5.41) is 8.04. The number of benzene rings is 1. The number of hydrogen-bond donors (Lipinski definition) is 1. The van der Waals surface area contributed by atoms with Crippen molar-refractivity contribution in [2.45, 2.75) is 24.7 Å². The van der Waals surface area contributed by atoms with Crippen LogP contribution in [0, 0.1) is 0 Å². The number of hydrogen-bond acceptors (Lipinski definition) is 7. The Morgan fingerprint density at radius 1 is 1.12 bits per heavy atom. The molecule has 0 aliphatic rings. The molecule has 0 unspecified atom stereocenters. The molecule has 0 spiro atoms. The highest BCUT2D eigenvalue weighted by Crippen LogP contribution is 2.29. The first-order valence-electron chi connectivity index (χ1n) is 8.21. The van der Waals surface area contributed by atoms with Crippen LogP contribution in [0.15, 0.2) is 35.2 Å². The van der Waals surface area contributed by atoms with Crippen LogP contribution in [0.5, 0.6) is 11.5 Å². The van der Waals surface area contributed by atoms with Gasteiger partial charge in [0.25, 0.3) is 10.0 Å². The predicted molar refractivity (Wildman–Crippen MR) is 101 cm³/mol. The molecule has 1 aromatic carbocycles. The van der Waals surface area contributed by atoms with Crippen LogP contribution in [0.1, 0.15) is 19.8 Å². The van der Waals surface area contributed by atoms with Gasteiger partial charge in [-0.1, -0.05) is 13.3 Å². The molecule has 0 bridgehead atoms. The maximum atomic E-state index is 12.7. The fraction of sp³-hybridized carbons (Fsp3) is 0.412. The Morgan fingerprint density at radius 2 is 1.88 bits per heavy atom. The Morgan fingerprint density at radius 3 is 2.46 bits per heavy atom. The average molecular weight is 380 g/mol. The lowest BCUT2D eigenvalue weighted by molar-refractivity contribution is 0.392. The van der Waals surface area contributed by atoms with Gasteiger partial charge in [-0.15, -0.1) is 10.2 Å². The molecule has 0 aliphatic heterocycles. The van der Waals surface area contributed by atoms with Gasteiger partial charge in [0.1, 0.15) is 16.4 Å². The number of methoxy groups -OCH3 is 2. The molecule has 2 aromatic rings. The standard InChI is InChI=1S/C17H24N4O4S/c1-5-6-11-21(2)17-10-9-16(18-19-17)20-26(22,23)15-12-13(24-3)7-8-14(15)25-4/h7-10,12H,5-6,11H2,1-4H3,(H,18,20). The Labute approximate surface area is 154 Å².